The molecule has 5 nitrogen and oxygen atoms in total. The fourth-order valence-corrected chi connectivity index (χ4v) is 1.39. The predicted molar refractivity (Wildman–Crippen MR) is 65.4 cm³/mol. The average molecular weight is 248 g/mol. The van der Waals surface area contributed by atoms with Crippen LogP contribution in [0.15, 0.2) is 24.3 Å². The Balaban J connectivity index is 2.39. The van der Waals surface area contributed by atoms with Crippen molar-refractivity contribution >= 4 is 5.95 Å². The maximum absolute atomic E-state index is 13.6. The molecule has 2 aromatic rings. The number of ether oxygens (including phenoxy) is 1. The fraction of sp³-hybridized carbons (Fsp3) is 0.250. The van der Waals surface area contributed by atoms with Crippen molar-refractivity contribution in [3.05, 3.63) is 30.1 Å². The molecule has 6 heteroatoms. The van der Waals surface area contributed by atoms with E-state index in [0.717, 1.165) is 6.42 Å². The van der Waals surface area contributed by atoms with Crippen molar-refractivity contribution in [3.63, 3.8) is 0 Å². The third-order valence-corrected chi connectivity index (χ3v) is 2.18. The number of rotatable bonds is 4. The van der Waals surface area contributed by atoms with Crippen molar-refractivity contribution in [2.75, 3.05) is 12.3 Å². The molecule has 0 unspecified atom stereocenters. The van der Waals surface area contributed by atoms with Gasteiger partial charge in [0, 0.05) is 0 Å². The van der Waals surface area contributed by atoms with Crippen LogP contribution in [0.4, 0.5) is 10.3 Å². The van der Waals surface area contributed by atoms with Gasteiger partial charge in [0.15, 0.2) is 5.82 Å². The minimum atomic E-state index is -0.412. The van der Waals surface area contributed by atoms with Crippen LogP contribution in [0.25, 0.3) is 11.4 Å². The molecule has 94 valence electrons. The van der Waals surface area contributed by atoms with Gasteiger partial charge in [0.05, 0.1) is 12.2 Å². The number of hydrogen-bond acceptors (Lipinski definition) is 5. The quantitative estimate of drug-likeness (QED) is 0.896. The van der Waals surface area contributed by atoms with E-state index in [2.05, 4.69) is 15.0 Å². The summed E-state index contributed by atoms with van der Waals surface area (Å²) in [6.07, 6.45) is 0.820. The van der Waals surface area contributed by atoms with Gasteiger partial charge in [0.2, 0.25) is 5.95 Å². The Morgan fingerprint density at radius 3 is 2.72 bits per heavy atom. The molecular formula is C12H13FN4O. The normalized spacial score (nSPS) is 10.3. The highest BCUT2D eigenvalue weighted by Crippen LogP contribution is 2.20. The summed E-state index contributed by atoms with van der Waals surface area (Å²) in [6, 6.07) is 6.32. The Morgan fingerprint density at radius 1 is 1.22 bits per heavy atom. The number of nitrogens with zero attached hydrogens (tertiary/aromatic N) is 3. The number of nitrogen functional groups attached to an aromatic ring is 1. The number of aromatic nitrogens is 3. The van der Waals surface area contributed by atoms with Gasteiger partial charge in [-0.1, -0.05) is 19.1 Å². The van der Waals surface area contributed by atoms with Gasteiger partial charge in [0.25, 0.3) is 0 Å². The van der Waals surface area contributed by atoms with Crippen LogP contribution >= 0.6 is 0 Å². The molecule has 0 aliphatic rings. The predicted octanol–water partition coefficient (Wildman–Crippen LogP) is 2.05. The van der Waals surface area contributed by atoms with Gasteiger partial charge in [-0.15, -0.1) is 0 Å². The zero-order chi connectivity index (χ0) is 13.0. The fourth-order valence-electron chi connectivity index (χ4n) is 1.39. The number of halogens is 1. The Kier molecular flexibility index (Phi) is 3.66. The van der Waals surface area contributed by atoms with Gasteiger partial charge < -0.3 is 10.5 Å². The third kappa shape index (κ3) is 2.71. The van der Waals surface area contributed by atoms with E-state index < -0.39 is 5.82 Å². The molecule has 0 atom stereocenters. The Morgan fingerprint density at radius 2 is 2.00 bits per heavy atom. The van der Waals surface area contributed by atoms with Gasteiger partial charge in [0.1, 0.15) is 5.82 Å². The van der Waals surface area contributed by atoms with Gasteiger partial charge in [-0.05, 0) is 18.6 Å². The zero-order valence-electron chi connectivity index (χ0n) is 9.93. The molecule has 0 spiro atoms. The number of benzene rings is 1. The first kappa shape index (κ1) is 12.2. The van der Waals surface area contributed by atoms with E-state index in [9.17, 15) is 4.39 Å². The first-order chi connectivity index (χ1) is 8.70. The van der Waals surface area contributed by atoms with Crippen LogP contribution < -0.4 is 10.5 Å². The summed E-state index contributed by atoms with van der Waals surface area (Å²) in [5.41, 5.74) is 5.83. The van der Waals surface area contributed by atoms with Gasteiger partial charge >= 0.3 is 6.01 Å². The highest BCUT2D eigenvalue weighted by molar-refractivity contribution is 5.56. The summed E-state index contributed by atoms with van der Waals surface area (Å²) in [5, 5.41) is 0. The third-order valence-electron chi connectivity index (χ3n) is 2.18. The Hall–Kier alpha value is -2.24. The van der Waals surface area contributed by atoms with E-state index in [4.69, 9.17) is 10.5 Å². The van der Waals surface area contributed by atoms with Crippen molar-refractivity contribution < 1.29 is 9.13 Å². The lowest BCUT2D eigenvalue weighted by Gasteiger charge is -2.06. The van der Waals surface area contributed by atoms with Crippen LogP contribution in [0.5, 0.6) is 6.01 Å². The summed E-state index contributed by atoms with van der Waals surface area (Å²) in [7, 11) is 0. The van der Waals surface area contributed by atoms with Crippen LogP contribution in [0.3, 0.4) is 0 Å². The second-order valence-corrected chi connectivity index (χ2v) is 3.63. The highest BCUT2D eigenvalue weighted by Gasteiger charge is 2.11. The van der Waals surface area contributed by atoms with Crippen molar-refractivity contribution in [2.24, 2.45) is 0 Å². The lowest BCUT2D eigenvalue weighted by molar-refractivity contribution is 0.292. The Labute approximate surface area is 104 Å². The molecule has 0 amide bonds. The molecule has 0 saturated heterocycles. The lowest BCUT2D eigenvalue weighted by atomic mass is 10.2. The molecule has 0 bridgehead atoms. The topological polar surface area (TPSA) is 73.9 Å². The van der Waals surface area contributed by atoms with Crippen molar-refractivity contribution in [3.8, 4) is 17.4 Å². The monoisotopic (exact) mass is 248 g/mol. The van der Waals surface area contributed by atoms with Crippen molar-refractivity contribution in [1.82, 2.24) is 15.0 Å². The molecule has 18 heavy (non-hydrogen) atoms. The van der Waals surface area contributed by atoms with Crippen LogP contribution in [0.2, 0.25) is 0 Å². The van der Waals surface area contributed by atoms with Crippen LogP contribution in [0.1, 0.15) is 13.3 Å². The minimum absolute atomic E-state index is 0.00866. The second-order valence-electron chi connectivity index (χ2n) is 3.63. The number of hydrogen-bond donors (Lipinski definition) is 1. The van der Waals surface area contributed by atoms with E-state index in [1.54, 1.807) is 18.2 Å². The van der Waals surface area contributed by atoms with Crippen LogP contribution in [-0.2, 0) is 0 Å². The number of anilines is 1. The van der Waals surface area contributed by atoms with Crippen molar-refractivity contribution in [2.45, 2.75) is 13.3 Å². The lowest BCUT2D eigenvalue weighted by Crippen LogP contribution is -2.06. The van der Waals surface area contributed by atoms with E-state index >= 15 is 0 Å². The summed E-state index contributed by atoms with van der Waals surface area (Å²) in [4.78, 5) is 11.8. The molecule has 1 aromatic heterocycles. The van der Waals surface area contributed by atoms with Gasteiger partial charge in [-0.25, -0.2) is 4.39 Å². The zero-order valence-corrected chi connectivity index (χ0v) is 9.93. The molecule has 2 N–H and O–H groups in total. The molecule has 0 radical (unpaired) electrons. The molecule has 0 aliphatic carbocycles. The second kappa shape index (κ2) is 5.39. The highest BCUT2D eigenvalue weighted by atomic mass is 19.1. The van der Waals surface area contributed by atoms with Crippen molar-refractivity contribution in [1.29, 1.82) is 0 Å². The largest absolute Gasteiger partial charge is 0.463 e. The van der Waals surface area contributed by atoms with Gasteiger partial charge in [-0.2, -0.15) is 15.0 Å². The molecule has 1 heterocycles. The van der Waals surface area contributed by atoms with E-state index in [0.29, 0.717) is 6.61 Å². The summed E-state index contributed by atoms with van der Waals surface area (Å²) < 4.78 is 18.9. The van der Waals surface area contributed by atoms with Crippen LogP contribution in [-0.4, -0.2) is 21.6 Å². The molecule has 1 aromatic carbocycles. The standard InChI is InChI=1S/C12H13FN4O/c1-2-7-18-12-16-10(15-11(14)17-12)8-5-3-4-6-9(8)13/h3-6H,2,7H2,1H3,(H2,14,15,16,17). The summed E-state index contributed by atoms with van der Waals surface area (Å²) >= 11 is 0. The SMILES string of the molecule is CCCOc1nc(N)nc(-c2ccccc2F)n1. The number of nitrogens with two attached hydrogens (primary N) is 1. The minimum Gasteiger partial charge on any atom is -0.463 e. The molecule has 0 aliphatic heterocycles. The molecule has 2 rings (SSSR count). The summed E-state index contributed by atoms with van der Waals surface area (Å²) in [6.45, 7) is 2.43. The smallest absolute Gasteiger partial charge is 0.321 e. The maximum atomic E-state index is 13.6. The van der Waals surface area contributed by atoms with Gasteiger partial charge in [-0.3, -0.25) is 0 Å². The van der Waals surface area contributed by atoms with Crippen LogP contribution in [0, 0.1) is 5.82 Å². The van der Waals surface area contributed by atoms with E-state index in [1.165, 1.54) is 6.07 Å². The summed E-state index contributed by atoms with van der Waals surface area (Å²) in [5.74, 6) is -0.231. The molecular weight excluding hydrogens is 235 g/mol. The van der Waals surface area contributed by atoms with E-state index in [1.807, 2.05) is 6.92 Å². The maximum Gasteiger partial charge on any atom is 0.321 e. The first-order valence-electron chi connectivity index (χ1n) is 5.60. The van der Waals surface area contributed by atoms with E-state index in [-0.39, 0.29) is 23.3 Å². The first-order valence-corrected chi connectivity index (χ1v) is 5.60. The average Bonchev–Trinajstić information content (AvgIpc) is 2.36. The molecule has 0 saturated carbocycles. The molecule has 0 fully saturated rings. The Bertz CT molecular complexity index is 547.